The number of anilines is 1. The molecular formula is C29H36F3N3O2. The molecule has 2 amide bonds. The molecule has 8 heteroatoms. The third kappa shape index (κ3) is 9.35. The second kappa shape index (κ2) is 13.4. The summed E-state index contributed by atoms with van der Waals surface area (Å²) < 4.78 is 31.1. The second-order valence-corrected chi connectivity index (χ2v) is 9.72. The van der Waals surface area contributed by atoms with Crippen LogP contribution in [0.25, 0.3) is 0 Å². The highest BCUT2D eigenvalue weighted by Gasteiger charge is 2.28. The molecule has 2 aliphatic rings. The molecule has 1 aliphatic carbocycles. The quantitative estimate of drug-likeness (QED) is 0.467. The first-order valence-corrected chi connectivity index (χ1v) is 12.9. The van der Waals surface area contributed by atoms with Crippen LogP contribution >= 0.6 is 0 Å². The lowest BCUT2D eigenvalue weighted by Crippen LogP contribution is -2.48. The second-order valence-electron chi connectivity index (χ2n) is 9.72. The maximum absolute atomic E-state index is 12.9. The SMILES string of the molecule is CC(F)(F)F.NC(C(=O)N[C@H](/C=C/C(=O)N1CCc2ccccc21)CCc1ccccc1)C1CCCC1. The molecule has 37 heavy (non-hydrogen) atoms. The fourth-order valence-electron chi connectivity index (χ4n) is 4.85. The van der Waals surface area contributed by atoms with Crippen LogP contribution in [-0.4, -0.2) is 36.6 Å². The normalized spacial score (nSPS) is 17.2. The smallest absolute Gasteiger partial charge is 0.349 e. The Hall–Kier alpha value is -3.13. The Bertz CT molecular complexity index is 1040. The molecule has 2 atom stereocenters. The van der Waals surface area contributed by atoms with Crippen molar-refractivity contribution < 1.29 is 22.8 Å². The van der Waals surface area contributed by atoms with Crippen LogP contribution in [0.1, 0.15) is 50.2 Å². The minimum atomic E-state index is -4.00. The van der Waals surface area contributed by atoms with Gasteiger partial charge in [-0.25, -0.2) is 0 Å². The van der Waals surface area contributed by atoms with E-state index < -0.39 is 12.2 Å². The summed E-state index contributed by atoms with van der Waals surface area (Å²) >= 11 is 0. The largest absolute Gasteiger partial charge is 0.386 e. The van der Waals surface area contributed by atoms with Crippen molar-refractivity contribution in [3.8, 4) is 0 Å². The number of hydrogen-bond donors (Lipinski definition) is 2. The monoisotopic (exact) mass is 515 g/mol. The summed E-state index contributed by atoms with van der Waals surface area (Å²) in [5, 5.41) is 3.11. The molecule has 5 nitrogen and oxygen atoms in total. The van der Waals surface area contributed by atoms with Crippen LogP contribution in [0.3, 0.4) is 0 Å². The minimum Gasteiger partial charge on any atom is -0.349 e. The molecule has 2 aromatic carbocycles. The minimum absolute atomic E-state index is 0.0472. The summed E-state index contributed by atoms with van der Waals surface area (Å²) in [4.78, 5) is 27.6. The van der Waals surface area contributed by atoms with Crippen molar-refractivity contribution in [1.29, 1.82) is 0 Å². The molecule has 0 saturated heterocycles. The Morgan fingerprint density at radius 3 is 2.38 bits per heavy atom. The number of alkyl halides is 3. The number of rotatable bonds is 8. The number of hydrogen-bond acceptors (Lipinski definition) is 3. The van der Waals surface area contributed by atoms with Gasteiger partial charge >= 0.3 is 6.18 Å². The van der Waals surface area contributed by atoms with Crippen LogP contribution in [0, 0.1) is 5.92 Å². The van der Waals surface area contributed by atoms with Gasteiger partial charge in [0.1, 0.15) is 0 Å². The maximum Gasteiger partial charge on any atom is 0.386 e. The van der Waals surface area contributed by atoms with Crippen molar-refractivity contribution in [3.63, 3.8) is 0 Å². The van der Waals surface area contributed by atoms with E-state index >= 15 is 0 Å². The number of nitrogens with zero attached hydrogens (tertiary/aromatic N) is 1. The van der Waals surface area contributed by atoms with Crippen molar-refractivity contribution in [2.45, 2.75) is 70.1 Å². The van der Waals surface area contributed by atoms with E-state index in [1.165, 1.54) is 11.1 Å². The lowest BCUT2D eigenvalue weighted by molar-refractivity contribution is -0.124. The predicted molar refractivity (Wildman–Crippen MR) is 140 cm³/mol. The molecule has 0 spiro atoms. The van der Waals surface area contributed by atoms with E-state index in [0.717, 1.165) is 44.2 Å². The maximum atomic E-state index is 12.9. The van der Waals surface area contributed by atoms with E-state index in [0.29, 0.717) is 13.0 Å². The van der Waals surface area contributed by atoms with Gasteiger partial charge < -0.3 is 16.0 Å². The Kier molecular flexibility index (Phi) is 10.3. The first kappa shape index (κ1) is 28.4. The van der Waals surface area contributed by atoms with Crippen molar-refractivity contribution in [1.82, 2.24) is 5.32 Å². The molecule has 1 fully saturated rings. The van der Waals surface area contributed by atoms with Gasteiger partial charge in [-0.05, 0) is 55.2 Å². The van der Waals surface area contributed by atoms with Crippen LogP contribution < -0.4 is 16.0 Å². The molecule has 4 rings (SSSR count). The Balaban J connectivity index is 0.000000695. The number of aryl methyl sites for hydroxylation is 1. The molecule has 1 heterocycles. The van der Waals surface area contributed by atoms with E-state index in [9.17, 15) is 22.8 Å². The van der Waals surface area contributed by atoms with E-state index in [2.05, 4.69) is 23.5 Å². The molecule has 1 aliphatic heterocycles. The number of nitrogens with two attached hydrogens (primary N) is 1. The van der Waals surface area contributed by atoms with E-state index in [1.54, 1.807) is 6.08 Å². The summed E-state index contributed by atoms with van der Waals surface area (Å²) in [5.74, 6) is 0.101. The average Bonchev–Trinajstić information content (AvgIpc) is 3.55. The third-order valence-electron chi connectivity index (χ3n) is 6.75. The zero-order valence-electron chi connectivity index (χ0n) is 21.2. The molecule has 1 unspecified atom stereocenters. The van der Waals surface area contributed by atoms with Crippen molar-refractivity contribution >= 4 is 17.5 Å². The molecule has 200 valence electrons. The van der Waals surface area contributed by atoms with Crippen LogP contribution in [0.5, 0.6) is 0 Å². The van der Waals surface area contributed by atoms with E-state index in [4.69, 9.17) is 5.73 Å². The lowest BCUT2D eigenvalue weighted by atomic mass is 9.97. The Morgan fingerprint density at radius 2 is 1.70 bits per heavy atom. The summed E-state index contributed by atoms with van der Waals surface area (Å²) in [6.07, 6.45) is 6.19. The van der Waals surface area contributed by atoms with Gasteiger partial charge in [-0.2, -0.15) is 13.2 Å². The molecule has 0 radical (unpaired) electrons. The van der Waals surface area contributed by atoms with Crippen molar-refractivity contribution in [3.05, 3.63) is 77.9 Å². The number of fused-ring (bicyclic) bond motifs is 1. The van der Waals surface area contributed by atoms with Crippen molar-refractivity contribution in [2.24, 2.45) is 11.7 Å². The first-order chi connectivity index (χ1) is 17.6. The third-order valence-corrected chi connectivity index (χ3v) is 6.75. The molecule has 0 bridgehead atoms. The molecule has 1 saturated carbocycles. The summed E-state index contributed by atoms with van der Waals surface area (Å²) in [5.41, 5.74) is 9.67. The highest BCUT2D eigenvalue weighted by atomic mass is 19.4. The predicted octanol–water partition coefficient (Wildman–Crippen LogP) is 5.34. The van der Waals surface area contributed by atoms with Gasteiger partial charge in [0, 0.05) is 31.3 Å². The summed E-state index contributed by atoms with van der Waals surface area (Å²) in [7, 11) is 0. The van der Waals surface area contributed by atoms with Gasteiger partial charge in [0.2, 0.25) is 5.91 Å². The van der Waals surface area contributed by atoms with Crippen LogP contribution in [0.4, 0.5) is 18.9 Å². The highest BCUT2D eigenvalue weighted by molar-refractivity contribution is 6.03. The summed E-state index contributed by atoms with van der Waals surface area (Å²) in [6.45, 7) is 0.878. The fourth-order valence-corrected chi connectivity index (χ4v) is 4.85. The number of nitrogens with one attached hydrogen (secondary N) is 1. The van der Waals surface area contributed by atoms with Crippen molar-refractivity contribution in [2.75, 3.05) is 11.4 Å². The number of amides is 2. The molecule has 3 N–H and O–H groups in total. The fraction of sp³-hybridized carbons (Fsp3) is 0.448. The molecular weight excluding hydrogens is 479 g/mol. The highest BCUT2D eigenvalue weighted by Crippen LogP contribution is 2.28. The molecule has 0 aromatic heterocycles. The Labute approximate surface area is 216 Å². The van der Waals surface area contributed by atoms with Gasteiger partial charge in [0.15, 0.2) is 0 Å². The van der Waals surface area contributed by atoms with Gasteiger partial charge in [0.05, 0.1) is 6.04 Å². The van der Waals surface area contributed by atoms with Gasteiger partial charge in [0.25, 0.3) is 5.91 Å². The first-order valence-electron chi connectivity index (χ1n) is 12.9. The molecule has 2 aromatic rings. The van der Waals surface area contributed by atoms with E-state index in [1.807, 2.05) is 47.4 Å². The van der Waals surface area contributed by atoms with Crippen LogP contribution in [0.2, 0.25) is 0 Å². The van der Waals surface area contributed by atoms with E-state index in [-0.39, 0.29) is 30.7 Å². The number of carbonyl (C=O) groups is 2. The van der Waals surface area contributed by atoms with Gasteiger partial charge in [-0.3, -0.25) is 9.59 Å². The number of para-hydroxylation sites is 1. The number of benzene rings is 2. The number of halogens is 3. The van der Waals surface area contributed by atoms with Crippen LogP contribution in [-0.2, 0) is 22.4 Å². The average molecular weight is 516 g/mol. The topological polar surface area (TPSA) is 75.4 Å². The zero-order chi connectivity index (χ0) is 26.8. The zero-order valence-corrected chi connectivity index (χ0v) is 21.2. The van der Waals surface area contributed by atoms with Crippen LogP contribution in [0.15, 0.2) is 66.7 Å². The Morgan fingerprint density at radius 1 is 1.08 bits per heavy atom. The number of carbonyl (C=O) groups excluding carboxylic acids is 2. The lowest BCUT2D eigenvalue weighted by Gasteiger charge is -2.22. The van der Waals surface area contributed by atoms with Gasteiger partial charge in [-0.1, -0.05) is 67.4 Å². The summed E-state index contributed by atoms with van der Waals surface area (Å²) in [6, 6.07) is 17.5. The van der Waals surface area contributed by atoms with Gasteiger partial charge in [-0.15, -0.1) is 0 Å². The standard InChI is InChI=1S/C27H33N3O2.C2H3F3/c28-26(22-11-4-5-12-22)27(32)29-23(15-14-20-8-2-1-3-9-20)16-17-25(31)30-19-18-21-10-6-7-13-24(21)30;1-2(3,4)5/h1-3,6-10,13,16-17,22-23,26H,4-5,11-12,14-15,18-19,28H2,(H,29,32);1H3/b17-16+;/t23-,26?;/m0./s1.